The predicted molar refractivity (Wildman–Crippen MR) is 73.4 cm³/mol. The summed E-state index contributed by atoms with van der Waals surface area (Å²) in [6.07, 6.45) is 0. The third-order valence-electron chi connectivity index (χ3n) is 2.85. The number of benzene rings is 1. The summed E-state index contributed by atoms with van der Waals surface area (Å²) in [5, 5.41) is 3.45. The SMILES string of the molecule is NC(=O)COCCNC1CSCc2ccccc21. The van der Waals surface area contributed by atoms with Crippen LogP contribution in [0.15, 0.2) is 24.3 Å². The van der Waals surface area contributed by atoms with Gasteiger partial charge in [-0.05, 0) is 11.1 Å². The molecule has 1 amide bonds. The number of fused-ring (bicyclic) bond motifs is 1. The van der Waals surface area contributed by atoms with E-state index in [4.69, 9.17) is 10.5 Å². The fourth-order valence-electron chi connectivity index (χ4n) is 2.03. The number of nitrogens with one attached hydrogen (secondary N) is 1. The molecule has 1 unspecified atom stereocenters. The molecular formula is C13H18N2O2S. The van der Waals surface area contributed by atoms with Crippen molar-refractivity contribution in [2.45, 2.75) is 11.8 Å². The Hall–Kier alpha value is -1.04. The summed E-state index contributed by atoms with van der Waals surface area (Å²) < 4.78 is 5.13. The van der Waals surface area contributed by atoms with Crippen LogP contribution in [0.4, 0.5) is 0 Å². The van der Waals surface area contributed by atoms with Crippen molar-refractivity contribution in [3.8, 4) is 0 Å². The largest absolute Gasteiger partial charge is 0.370 e. The molecule has 0 fully saturated rings. The Labute approximate surface area is 111 Å². The highest BCUT2D eigenvalue weighted by molar-refractivity contribution is 7.98. The highest BCUT2D eigenvalue weighted by Crippen LogP contribution is 2.31. The van der Waals surface area contributed by atoms with E-state index in [1.165, 1.54) is 11.1 Å². The maximum Gasteiger partial charge on any atom is 0.243 e. The molecule has 4 nitrogen and oxygen atoms in total. The minimum Gasteiger partial charge on any atom is -0.370 e. The molecule has 1 aliphatic rings. The number of amides is 1. The topological polar surface area (TPSA) is 64.4 Å². The van der Waals surface area contributed by atoms with Crippen molar-refractivity contribution in [2.75, 3.05) is 25.5 Å². The molecule has 0 bridgehead atoms. The van der Waals surface area contributed by atoms with Gasteiger partial charge in [0, 0.05) is 24.1 Å². The Morgan fingerprint density at radius 2 is 2.33 bits per heavy atom. The van der Waals surface area contributed by atoms with Crippen LogP contribution in [-0.2, 0) is 15.3 Å². The highest BCUT2D eigenvalue weighted by Gasteiger charge is 2.18. The zero-order valence-electron chi connectivity index (χ0n) is 10.2. The molecular weight excluding hydrogens is 248 g/mol. The second-order valence-corrected chi connectivity index (χ2v) is 5.27. The van der Waals surface area contributed by atoms with Crippen molar-refractivity contribution >= 4 is 17.7 Å². The Kier molecular flexibility index (Phi) is 5.04. The van der Waals surface area contributed by atoms with Crippen LogP contribution >= 0.6 is 11.8 Å². The van der Waals surface area contributed by atoms with E-state index in [1.807, 2.05) is 11.8 Å². The standard InChI is InChI=1S/C13H18N2O2S/c14-13(16)7-17-6-5-15-12-9-18-8-10-3-1-2-4-11(10)12/h1-4,12,15H,5-9H2,(H2,14,16). The van der Waals surface area contributed by atoms with E-state index < -0.39 is 5.91 Å². The maximum atomic E-state index is 10.5. The normalized spacial score (nSPS) is 18.3. The Bertz CT molecular complexity index is 412. The van der Waals surface area contributed by atoms with Crippen molar-refractivity contribution in [3.05, 3.63) is 35.4 Å². The lowest BCUT2D eigenvalue weighted by atomic mass is 10.0. The van der Waals surface area contributed by atoms with Gasteiger partial charge in [-0.25, -0.2) is 0 Å². The van der Waals surface area contributed by atoms with Crippen LogP contribution < -0.4 is 11.1 Å². The van der Waals surface area contributed by atoms with Gasteiger partial charge in [-0.3, -0.25) is 4.79 Å². The number of hydrogen-bond acceptors (Lipinski definition) is 4. The molecule has 0 aliphatic carbocycles. The molecule has 0 aromatic heterocycles. The van der Waals surface area contributed by atoms with Gasteiger partial charge in [0.15, 0.2) is 0 Å². The van der Waals surface area contributed by atoms with Crippen molar-refractivity contribution in [3.63, 3.8) is 0 Å². The lowest BCUT2D eigenvalue weighted by Crippen LogP contribution is -2.30. The van der Waals surface area contributed by atoms with Crippen molar-refractivity contribution < 1.29 is 9.53 Å². The van der Waals surface area contributed by atoms with Gasteiger partial charge in [0.05, 0.1) is 6.61 Å². The van der Waals surface area contributed by atoms with Crippen LogP contribution in [0.1, 0.15) is 17.2 Å². The molecule has 3 N–H and O–H groups in total. The summed E-state index contributed by atoms with van der Waals surface area (Å²) in [5.74, 6) is 1.74. The van der Waals surface area contributed by atoms with Crippen LogP contribution in [-0.4, -0.2) is 31.4 Å². The van der Waals surface area contributed by atoms with E-state index in [9.17, 15) is 4.79 Å². The second-order valence-electron chi connectivity index (χ2n) is 4.24. The summed E-state index contributed by atoms with van der Waals surface area (Å²) in [5.41, 5.74) is 7.78. The highest BCUT2D eigenvalue weighted by atomic mass is 32.2. The first kappa shape index (κ1) is 13.4. The number of hydrogen-bond donors (Lipinski definition) is 2. The minimum absolute atomic E-state index is 0.00230. The van der Waals surface area contributed by atoms with Gasteiger partial charge in [-0.1, -0.05) is 24.3 Å². The Balaban J connectivity index is 1.79. The molecule has 0 spiro atoms. The van der Waals surface area contributed by atoms with Crippen molar-refractivity contribution in [1.29, 1.82) is 0 Å². The molecule has 5 heteroatoms. The molecule has 1 atom stereocenters. The van der Waals surface area contributed by atoms with Crippen LogP contribution in [0.2, 0.25) is 0 Å². The first-order chi connectivity index (χ1) is 8.77. The molecule has 1 aliphatic heterocycles. The number of nitrogens with two attached hydrogens (primary N) is 1. The van der Waals surface area contributed by atoms with Crippen LogP contribution in [0.3, 0.4) is 0 Å². The lowest BCUT2D eigenvalue weighted by molar-refractivity contribution is -0.122. The number of rotatable bonds is 6. The molecule has 0 saturated heterocycles. The molecule has 1 aromatic rings. The molecule has 0 radical (unpaired) electrons. The number of thioether (sulfide) groups is 1. The first-order valence-electron chi connectivity index (χ1n) is 6.02. The minimum atomic E-state index is -0.423. The first-order valence-corrected chi connectivity index (χ1v) is 7.18. The van der Waals surface area contributed by atoms with Gasteiger partial charge in [0.1, 0.15) is 6.61 Å². The van der Waals surface area contributed by atoms with Gasteiger partial charge in [-0.2, -0.15) is 11.8 Å². The van der Waals surface area contributed by atoms with Crippen LogP contribution in [0.25, 0.3) is 0 Å². The number of ether oxygens (including phenoxy) is 1. The van der Waals surface area contributed by atoms with Crippen molar-refractivity contribution in [2.24, 2.45) is 5.73 Å². The van der Waals surface area contributed by atoms with E-state index in [0.717, 1.165) is 18.1 Å². The number of primary amides is 1. The zero-order chi connectivity index (χ0) is 12.8. The number of carbonyl (C=O) groups excluding carboxylic acids is 1. The Morgan fingerprint density at radius 3 is 3.17 bits per heavy atom. The van der Waals surface area contributed by atoms with E-state index >= 15 is 0 Å². The zero-order valence-corrected chi connectivity index (χ0v) is 11.0. The quantitative estimate of drug-likeness (QED) is 0.756. The van der Waals surface area contributed by atoms with Crippen LogP contribution in [0, 0.1) is 0 Å². The molecule has 0 saturated carbocycles. The fraction of sp³-hybridized carbons (Fsp3) is 0.462. The van der Waals surface area contributed by atoms with E-state index in [-0.39, 0.29) is 6.61 Å². The second kappa shape index (κ2) is 6.78. The molecule has 98 valence electrons. The molecule has 2 rings (SSSR count). The summed E-state index contributed by atoms with van der Waals surface area (Å²) in [4.78, 5) is 10.5. The van der Waals surface area contributed by atoms with E-state index in [0.29, 0.717) is 12.6 Å². The number of carbonyl (C=O) groups is 1. The summed E-state index contributed by atoms with van der Waals surface area (Å²) >= 11 is 1.94. The fourth-order valence-corrected chi connectivity index (χ4v) is 3.16. The van der Waals surface area contributed by atoms with E-state index in [1.54, 1.807) is 0 Å². The predicted octanol–water partition coefficient (Wildman–Crippen LogP) is 1.07. The van der Waals surface area contributed by atoms with Gasteiger partial charge in [0.25, 0.3) is 0 Å². The van der Waals surface area contributed by atoms with Gasteiger partial charge >= 0.3 is 0 Å². The third-order valence-corrected chi connectivity index (χ3v) is 3.94. The Morgan fingerprint density at radius 1 is 1.50 bits per heavy atom. The summed E-state index contributed by atoms with van der Waals surface area (Å²) in [6.45, 7) is 1.23. The molecule has 18 heavy (non-hydrogen) atoms. The lowest BCUT2D eigenvalue weighted by Gasteiger charge is -2.26. The van der Waals surface area contributed by atoms with Crippen molar-refractivity contribution in [1.82, 2.24) is 5.32 Å². The average Bonchev–Trinajstić information content (AvgIpc) is 2.38. The van der Waals surface area contributed by atoms with Gasteiger partial charge in [-0.15, -0.1) is 0 Å². The molecule has 1 heterocycles. The van der Waals surface area contributed by atoms with E-state index in [2.05, 4.69) is 29.6 Å². The summed E-state index contributed by atoms with van der Waals surface area (Å²) in [7, 11) is 0. The smallest absolute Gasteiger partial charge is 0.243 e. The average molecular weight is 266 g/mol. The van der Waals surface area contributed by atoms with Gasteiger partial charge < -0.3 is 15.8 Å². The summed E-state index contributed by atoms with van der Waals surface area (Å²) in [6, 6.07) is 8.89. The monoisotopic (exact) mass is 266 g/mol. The maximum absolute atomic E-state index is 10.5. The third kappa shape index (κ3) is 3.73. The van der Waals surface area contributed by atoms with Crippen LogP contribution in [0.5, 0.6) is 0 Å². The van der Waals surface area contributed by atoms with Gasteiger partial charge in [0.2, 0.25) is 5.91 Å². The molecule has 1 aromatic carbocycles.